The van der Waals surface area contributed by atoms with Crippen molar-refractivity contribution in [2.75, 3.05) is 25.2 Å². The van der Waals surface area contributed by atoms with Gasteiger partial charge in [-0.05, 0) is 30.4 Å². The monoisotopic (exact) mass is 388 g/mol. The number of aromatic nitrogens is 3. The van der Waals surface area contributed by atoms with Crippen LogP contribution >= 0.6 is 23.1 Å². The Morgan fingerprint density at radius 2 is 2.27 bits per heavy atom. The van der Waals surface area contributed by atoms with Gasteiger partial charge in [0, 0.05) is 29.9 Å². The number of methoxy groups -OCH3 is 1. The van der Waals surface area contributed by atoms with Crippen molar-refractivity contribution < 1.29 is 4.74 Å². The first kappa shape index (κ1) is 17.5. The molecule has 1 aliphatic rings. The highest BCUT2D eigenvalue weighted by Crippen LogP contribution is 2.47. The van der Waals surface area contributed by atoms with Gasteiger partial charge in [-0.25, -0.2) is 10.1 Å². The van der Waals surface area contributed by atoms with E-state index in [9.17, 15) is 4.79 Å². The minimum Gasteiger partial charge on any atom is -0.397 e. The van der Waals surface area contributed by atoms with Crippen LogP contribution in [0.5, 0.6) is 0 Å². The zero-order chi connectivity index (χ0) is 18.1. The molecule has 1 fully saturated rings. The Morgan fingerprint density at radius 1 is 1.42 bits per heavy atom. The number of nitrogens with one attached hydrogen (secondary N) is 1. The molecule has 3 heterocycles. The summed E-state index contributed by atoms with van der Waals surface area (Å²) in [6.07, 6.45) is 5.24. The lowest BCUT2D eigenvalue weighted by Gasteiger charge is -2.27. The number of thioether (sulfide) groups is 1. The second-order valence-corrected chi connectivity index (χ2v) is 8.75. The van der Waals surface area contributed by atoms with Crippen LogP contribution in [0.15, 0.2) is 27.3 Å². The maximum Gasteiger partial charge on any atom is 0.264 e. The number of aromatic amines is 1. The summed E-state index contributed by atoms with van der Waals surface area (Å²) in [7, 11) is 1.70. The Morgan fingerprint density at radius 3 is 2.96 bits per heavy atom. The van der Waals surface area contributed by atoms with E-state index in [0.29, 0.717) is 12.5 Å². The van der Waals surface area contributed by atoms with Gasteiger partial charge in [-0.15, -0.1) is 23.1 Å². The van der Waals surface area contributed by atoms with E-state index in [1.807, 2.05) is 0 Å². The molecular weight excluding hydrogens is 368 g/mol. The highest BCUT2D eigenvalue weighted by atomic mass is 32.2. The van der Waals surface area contributed by atoms with Gasteiger partial charge in [-0.3, -0.25) is 4.79 Å². The Balaban J connectivity index is 1.84. The molecule has 1 saturated carbocycles. The Labute approximate surface area is 159 Å². The second kappa shape index (κ2) is 7.38. The number of ether oxygens (including phenoxy) is 1. The quantitative estimate of drug-likeness (QED) is 0.495. The number of nitrogens with two attached hydrogens (primary N) is 1. The van der Waals surface area contributed by atoms with Crippen LogP contribution in [0.25, 0.3) is 21.5 Å². The van der Waals surface area contributed by atoms with Crippen LogP contribution in [-0.2, 0) is 4.74 Å². The standard InChI is InChI=1S/C18H20N4O2S2/c1-24-5-6-25-18-16(19)15-12(10-3-2-4-10)8-13(21-17(15)26-18)11-7-14(23)22-20-9-11/h7-10H,2-6,19H2,1H3,(H,22,23). The number of fused-ring (bicyclic) bond motifs is 1. The van der Waals surface area contributed by atoms with Crippen LogP contribution in [0.1, 0.15) is 30.7 Å². The van der Waals surface area contributed by atoms with Crippen molar-refractivity contribution in [3.05, 3.63) is 34.2 Å². The molecule has 0 aromatic carbocycles. The van der Waals surface area contributed by atoms with Gasteiger partial charge in [0.25, 0.3) is 5.56 Å². The third-order valence-electron chi connectivity index (χ3n) is 4.72. The molecule has 0 radical (unpaired) electrons. The van der Waals surface area contributed by atoms with Gasteiger partial charge in [0.1, 0.15) is 4.83 Å². The summed E-state index contributed by atoms with van der Waals surface area (Å²) in [4.78, 5) is 17.4. The van der Waals surface area contributed by atoms with E-state index in [4.69, 9.17) is 15.5 Å². The second-order valence-electron chi connectivity index (χ2n) is 6.38. The van der Waals surface area contributed by atoms with Gasteiger partial charge >= 0.3 is 0 Å². The smallest absolute Gasteiger partial charge is 0.264 e. The molecule has 136 valence electrons. The molecule has 3 aromatic rings. The molecule has 0 unspecified atom stereocenters. The van der Waals surface area contributed by atoms with Gasteiger partial charge in [-0.1, -0.05) is 6.42 Å². The summed E-state index contributed by atoms with van der Waals surface area (Å²) >= 11 is 3.33. The third kappa shape index (κ3) is 3.24. The van der Waals surface area contributed by atoms with Crippen molar-refractivity contribution >= 4 is 39.0 Å². The van der Waals surface area contributed by atoms with E-state index >= 15 is 0 Å². The average molecular weight is 389 g/mol. The minimum atomic E-state index is -0.226. The third-order valence-corrected chi connectivity index (χ3v) is 7.07. The van der Waals surface area contributed by atoms with Crippen LogP contribution < -0.4 is 11.3 Å². The van der Waals surface area contributed by atoms with E-state index in [-0.39, 0.29) is 5.56 Å². The molecule has 0 amide bonds. The predicted molar refractivity (Wildman–Crippen MR) is 107 cm³/mol. The van der Waals surface area contributed by atoms with Crippen LogP contribution in [0.3, 0.4) is 0 Å². The predicted octanol–water partition coefficient (Wildman–Crippen LogP) is 3.63. The lowest BCUT2D eigenvalue weighted by Crippen LogP contribution is -2.10. The van der Waals surface area contributed by atoms with Gasteiger partial charge < -0.3 is 10.5 Å². The first-order valence-electron chi connectivity index (χ1n) is 8.57. The minimum absolute atomic E-state index is 0.226. The zero-order valence-corrected chi connectivity index (χ0v) is 16.1. The van der Waals surface area contributed by atoms with Crippen LogP contribution in [0.4, 0.5) is 5.69 Å². The van der Waals surface area contributed by atoms with Crippen molar-refractivity contribution in [3.63, 3.8) is 0 Å². The molecule has 0 bridgehead atoms. The van der Waals surface area contributed by atoms with E-state index in [2.05, 4.69) is 16.3 Å². The van der Waals surface area contributed by atoms with Gasteiger partial charge in [0.15, 0.2) is 0 Å². The summed E-state index contributed by atoms with van der Waals surface area (Å²) in [5.74, 6) is 1.37. The largest absolute Gasteiger partial charge is 0.397 e. The number of H-pyrrole nitrogens is 1. The normalized spacial score (nSPS) is 14.7. The molecular formula is C18H20N4O2S2. The molecule has 0 atom stereocenters. The van der Waals surface area contributed by atoms with E-state index in [0.717, 1.165) is 37.1 Å². The Bertz CT molecular complexity index is 995. The number of pyridine rings is 1. The van der Waals surface area contributed by atoms with E-state index in [1.54, 1.807) is 36.4 Å². The van der Waals surface area contributed by atoms with E-state index < -0.39 is 0 Å². The Kier molecular flexibility index (Phi) is 4.97. The lowest BCUT2D eigenvalue weighted by atomic mass is 9.79. The fourth-order valence-corrected chi connectivity index (χ4v) is 5.44. The topological polar surface area (TPSA) is 93.9 Å². The SMILES string of the molecule is COCCSc1sc2nc(-c3cn[nH]c(=O)c3)cc(C3CCC3)c2c1N. The number of nitrogen functional groups attached to an aromatic ring is 1. The molecule has 1 aliphatic carbocycles. The van der Waals surface area contributed by atoms with Crippen molar-refractivity contribution in [3.8, 4) is 11.3 Å². The molecule has 0 spiro atoms. The first-order chi connectivity index (χ1) is 12.7. The van der Waals surface area contributed by atoms with Crippen molar-refractivity contribution in [1.29, 1.82) is 0 Å². The number of hydrogen-bond acceptors (Lipinski definition) is 7. The van der Waals surface area contributed by atoms with E-state index in [1.165, 1.54) is 30.9 Å². The summed E-state index contributed by atoms with van der Waals surface area (Å²) in [6.45, 7) is 0.685. The number of thiophene rings is 1. The van der Waals surface area contributed by atoms with Crippen molar-refractivity contribution in [2.45, 2.75) is 29.4 Å². The van der Waals surface area contributed by atoms with Crippen LogP contribution in [-0.4, -0.2) is 34.7 Å². The lowest BCUT2D eigenvalue weighted by molar-refractivity contribution is 0.218. The van der Waals surface area contributed by atoms with Gasteiger partial charge in [0.2, 0.25) is 0 Å². The highest BCUT2D eigenvalue weighted by Gasteiger charge is 2.26. The molecule has 26 heavy (non-hydrogen) atoms. The number of hydrogen-bond donors (Lipinski definition) is 2. The van der Waals surface area contributed by atoms with Crippen LogP contribution in [0.2, 0.25) is 0 Å². The molecule has 4 rings (SSSR count). The van der Waals surface area contributed by atoms with Crippen molar-refractivity contribution in [2.24, 2.45) is 0 Å². The number of nitrogens with zero attached hydrogens (tertiary/aromatic N) is 2. The van der Waals surface area contributed by atoms with Crippen molar-refractivity contribution in [1.82, 2.24) is 15.2 Å². The number of rotatable bonds is 6. The van der Waals surface area contributed by atoms with Gasteiger partial charge in [-0.2, -0.15) is 5.10 Å². The summed E-state index contributed by atoms with van der Waals surface area (Å²) in [6, 6.07) is 3.63. The van der Waals surface area contributed by atoms with Gasteiger partial charge in [0.05, 0.1) is 28.4 Å². The summed E-state index contributed by atoms with van der Waals surface area (Å²) in [5.41, 5.74) is 9.87. The molecule has 0 saturated heterocycles. The summed E-state index contributed by atoms with van der Waals surface area (Å²) < 4.78 is 6.23. The molecule has 6 nitrogen and oxygen atoms in total. The summed E-state index contributed by atoms with van der Waals surface area (Å²) in [5, 5.41) is 7.40. The molecule has 0 aliphatic heterocycles. The fraction of sp³-hybridized carbons (Fsp3) is 0.389. The van der Waals surface area contributed by atoms with Crippen LogP contribution in [0, 0.1) is 0 Å². The first-order valence-corrected chi connectivity index (χ1v) is 10.4. The maximum absolute atomic E-state index is 11.6. The number of anilines is 1. The molecule has 3 N–H and O–H groups in total. The molecule has 3 aromatic heterocycles. The maximum atomic E-state index is 11.6. The zero-order valence-electron chi connectivity index (χ0n) is 14.4. The fourth-order valence-electron chi connectivity index (χ4n) is 3.16. The average Bonchev–Trinajstić information content (AvgIpc) is 2.90. The molecule has 8 heteroatoms. The Hall–Kier alpha value is -1.90. The highest BCUT2D eigenvalue weighted by molar-refractivity contribution is 8.01.